The Hall–Kier alpha value is -1.84. The maximum atomic E-state index is 12.0. The maximum Gasteiger partial charge on any atom is 0.410 e. The van der Waals surface area contributed by atoms with Gasteiger partial charge in [-0.2, -0.15) is 8.42 Å². The minimum Gasteiger partial charge on any atom is -0.444 e. The first-order valence-electron chi connectivity index (χ1n) is 13.4. The molecule has 1 amide bonds. The number of likely N-dealkylation sites (N-methyl/N-ethyl adjacent to an activating group) is 1. The Morgan fingerprint density at radius 3 is 1.45 bits per heavy atom. The largest absolute Gasteiger partial charge is 0.444 e. The molecule has 0 bridgehead atoms. The van der Waals surface area contributed by atoms with E-state index in [4.69, 9.17) is 37.3 Å². The number of hydrogen-bond donors (Lipinski definition) is 0. The molecule has 0 saturated carbocycles. The smallest absolute Gasteiger partial charge is 0.410 e. The molecule has 13 heteroatoms. The summed E-state index contributed by atoms with van der Waals surface area (Å²) < 4.78 is 66.8. The normalized spacial score (nSPS) is 12.0. The van der Waals surface area contributed by atoms with Crippen molar-refractivity contribution in [3.8, 4) is 0 Å². The van der Waals surface area contributed by atoms with Gasteiger partial charge in [-0.05, 0) is 39.8 Å². The highest BCUT2D eigenvalue weighted by Gasteiger charge is 2.19. The van der Waals surface area contributed by atoms with Crippen molar-refractivity contribution in [1.82, 2.24) is 4.90 Å². The van der Waals surface area contributed by atoms with Crippen LogP contribution in [0.5, 0.6) is 0 Å². The summed E-state index contributed by atoms with van der Waals surface area (Å²) >= 11 is 0. The summed E-state index contributed by atoms with van der Waals surface area (Å²) in [5, 5.41) is 0. The standard InChI is InChI=1S/C27H47NO11S/c1-24-6-8-25(9-7-24)40(30,31)38-23-22-37-21-20-36-19-18-35-17-16-34-15-14-33-13-12-32-11-10-28(5)26(29)39-27(2,3)4/h6-9H,10-23H2,1-5H3. The van der Waals surface area contributed by atoms with E-state index >= 15 is 0 Å². The van der Waals surface area contributed by atoms with Gasteiger partial charge in [-0.1, -0.05) is 17.7 Å². The van der Waals surface area contributed by atoms with E-state index in [1.54, 1.807) is 19.2 Å². The van der Waals surface area contributed by atoms with Gasteiger partial charge in [-0.25, -0.2) is 4.79 Å². The molecule has 0 N–H and O–H groups in total. The Labute approximate surface area is 239 Å². The summed E-state index contributed by atoms with van der Waals surface area (Å²) in [6, 6.07) is 6.47. The number of carbonyl (C=O) groups is 1. The highest BCUT2D eigenvalue weighted by molar-refractivity contribution is 7.86. The van der Waals surface area contributed by atoms with Crippen molar-refractivity contribution in [2.24, 2.45) is 0 Å². The SMILES string of the molecule is Cc1ccc(S(=O)(=O)OCCOCCOCCOCCOCCOCCOCCN(C)C(=O)OC(C)(C)C)cc1. The third kappa shape index (κ3) is 19.3. The Morgan fingerprint density at radius 2 is 1.05 bits per heavy atom. The van der Waals surface area contributed by atoms with Crippen LogP contribution in [0.15, 0.2) is 29.2 Å². The van der Waals surface area contributed by atoms with Gasteiger partial charge in [-0.15, -0.1) is 0 Å². The lowest BCUT2D eigenvalue weighted by Gasteiger charge is -2.24. The van der Waals surface area contributed by atoms with Crippen molar-refractivity contribution >= 4 is 16.2 Å². The highest BCUT2D eigenvalue weighted by Crippen LogP contribution is 2.13. The second kappa shape index (κ2) is 20.9. The molecule has 1 rings (SSSR count). The molecule has 0 heterocycles. The van der Waals surface area contributed by atoms with Gasteiger partial charge in [0.2, 0.25) is 0 Å². The number of rotatable bonds is 23. The van der Waals surface area contributed by atoms with E-state index in [2.05, 4.69) is 0 Å². The van der Waals surface area contributed by atoms with Gasteiger partial charge in [-0.3, -0.25) is 4.18 Å². The van der Waals surface area contributed by atoms with Crippen molar-refractivity contribution in [2.45, 2.75) is 38.2 Å². The van der Waals surface area contributed by atoms with Gasteiger partial charge in [0.25, 0.3) is 10.1 Å². The van der Waals surface area contributed by atoms with Crippen molar-refractivity contribution in [1.29, 1.82) is 0 Å². The molecule has 0 aliphatic carbocycles. The van der Waals surface area contributed by atoms with Crippen molar-refractivity contribution in [2.75, 3.05) is 99.5 Å². The van der Waals surface area contributed by atoms with E-state index in [1.807, 2.05) is 27.7 Å². The molecule has 0 aromatic heterocycles. The number of ether oxygens (including phenoxy) is 7. The molecule has 232 valence electrons. The van der Waals surface area contributed by atoms with E-state index in [9.17, 15) is 13.2 Å². The monoisotopic (exact) mass is 593 g/mol. The third-order valence-electron chi connectivity index (χ3n) is 4.91. The van der Waals surface area contributed by atoms with E-state index in [0.29, 0.717) is 79.2 Å². The van der Waals surface area contributed by atoms with Gasteiger partial charge in [0.15, 0.2) is 0 Å². The van der Waals surface area contributed by atoms with Crippen LogP contribution in [0, 0.1) is 6.92 Å². The average Bonchev–Trinajstić information content (AvgIpc) is 2.88. The summed E-state index contributed by atoms with van der Waals surface area (Å²) in [4.78, 5) is 13.4. The molecule has 0 aliphatic heterocycles. The Kier molecular flexibility index (Phi) is 19.0. The van der Waals surface area contributed by atoms with Crippen LogP contribution in [0.4, 0.5) is 4.79 Å². The minimum absolute atomic E-state index is 0.0622. The summed E-state index contributed by atoms with van der Waals surface area (Å²) in [5.41, 5.74) is 0.456. The summed E-state index contributed by atoms with van der Waals surface area (Å²) in [5.74, 6) is 0. The van der Waals surface area contributed by atoms with Crippen LogP contribution in [0.2, 0.25) is 0 Å². The second-order valence-electron chi connectivity index (χ2n) is 9.67. The van der Waals surface area contributed by atoms with Gasteiger partial charge in [0.1, 0.15) is 5.60 Å². The van der Waals surface area contributed by atoms with E-state index < -0.39 is 15.7 Å². The van der Waals surface area contributed by atoms with Gasteiger partial charge in [0, 0.05) is 13.6 Å². The molecule has 0 spiro atoms. The fraction of sp³-hybridized carbons (Fsp3) is 0.741. The number of carbonyl (C=O) groups excluding carboxylic acids is 1. The summed E-state index contributed by atoms with van der Waals surface area (Å²) in [6.07, 6.45) is -0.375. The number of nitrogens with zero attached hydrogens (tertiary/aromatic N) is 1. The van der Waals surface area contributed by atoms with Crippen LogP contribution in [0.25, 0.3) is 0 Å². The molecule has 12 nitrogen and oxygen atoms in total. The zero-order valence-electron chi connectivity index (χ0n) is 24.6. The molecule has 0 aliphatic rings. The third-order valence-corrected chi connectivity index (χ3v) is 6.24. The maximum absolute atomic E-state index is 12.0. The first kappa shape index (κ1) is 36.2. The fourth-order valence-corrected chi connectivity index (χ4v) is 3.70. The lowest BCUT2D eigenvalue weighted by molar-refractivity contribution is -0.0187. The first-order valence-corrected chi connectivity index (χ1v) is 14.8. The number of benzene rings is 1. The summed E-state index contributed by atoms with van der Waals surface area (Å²) in [7, 11) is -2.10. The van der Waals surface area contributed by atoms with Crippen molar-refractivity contribution in [3.63, 3.8) is 0 Å². The Morgan fingerprint density at radius 1 is 0.675 bits per heavy atom. The molecular weight excluding hydrogens is 546 g/mol. The second-order valence-corrected chi connectivity index (χ2v) is 11.3. The molecule has 1 aromatic rings. The van der Waals surface area contributed by atoms with Crippen molar-refractivity contribution < 1.29 is 50.6 Å². The lowest BCUT2D eigenvalue weighted by Crippen LogP contribution is -2.36. The van der Waals surface area contributed by atoms with Crippen LogP contribution < -0.4 is 0 Å². The van der Waals surface area contributed by atoms with Crippen LogP contribution in [0.3, 0.4) is 0 Å². The lowest BCUT2D eigenvalue weighted by atomic mass is 10.2. The van der Waals surface area contributed by atoms with E-state index in [1.165, 1.54) is 17.0 Å². The highest BCUT2D eigenvalue weighted by atomic mass is 32.2. The van der Waals surface area contributed by atoms with Gasteiger partial charge in [0.05, 0.1) is 90.8 Å². The zero-order chi connectivity index (χ0) is 29.7. The van der Waals surface area contributed by atoms with E-state index in [-0.39, 0.29) is 24.2 Å². The molecule has 0 unspecified atom stereocenters. The molecule has 0 fully saturated rings. The number of aryl methyl sites for hydroxylation is 1. The molecule has 0 radical (unpaired) electrons. The topological polar surface area (TPSA) is 128 Å². The van der Waals surface area contributed by atoms with Crippen LogP contribution in [-0.4, -0.2) is 124 Å². The first-order chi connectivity index (χ1) is 19.0. The Bertz CT molecular complexity index is 889. The van der Waals surface area contributed by atoms with Crippen LogP contribution in [0.1, 0.15) is 26.3 Å². The minimum atomic E-state index is -3.77. The number of amides is 1. The van der Waals surface area contributed by atoms with Crippen LogP contribution in [-0.2, 0) is 47.5 Å². The molecule has 0 atom stereocenters. The average molecular weight is 594 g/mol. The summed E-state index contributed by atoms with van der Waals surface area (Å²) in [6.45, 7) is 12.5. The fourth-order valence-electron chi connectivity index (χ4n) is 2.81. The molecule has 40 heavy (non-hydrogen) atoms. The quantitative estimate of drug-likeness (QED) is 0.137. The van der Waals surface area contributed by atoms with Gasteiger partial charge >= 0.3 is 6.09 Å². The van der Waals surface area contributed by atoms with Crippen LogP contribution >= 0.6 is 0 Å². The molecular formula is C27H47NO11S. The zero-order valence-corrected chi connectivity index (χ0v) is 25.4. The molecule has 1 aromatic carbocycles. The predicted octanol–water partition coefficient (Wildman–Crippen LogP) is 2.67. The van der Waals surface area contributed by atoms with Gasteiger partial charge < -0.3 is 38.1 Å². The number of hydrogen-bond acceptors (Lipinski definition) is 11. The Balaban J connectivity index is 1.80. The predicted molar refractivity (Wildman–Crippen MR) is 148 cm³/mol. The molecule has 0 saturated heterocycles. The van der Waals surface area contributed by atoms with Crippen molar-refractivity contribution in [3.05, 3.63) is 29.8 Å². The van der Waals surface area contributed by atoms with E-state index in [0.717, 1.165) is 5.56 Å².